The van der Waals surface area contributed by atoms with Crippen molar-refractivity contribution in [2.45, 2.75) is 12.5 Å². The predicted molar refractivity (Wildman–Crippen MR) is 73.6 cm³/mol. The Morgan fingerprint density at radius 2 is 2.11 bits per heavy atom. The van der Waals surface area contributed by atoms with Crippen LogP contribution < -0.4 is 5.73 Å². The summed E-state index contributed by atoms with van der Waals surface area (Å²) in [6.45, 7) is 0. The predicted octanol–water partition coefficient (Wildman–Crippen LogP) is 0.557. The molecule has 2 aromatic rings. The van der Waals surface area contributed by atoms with E-state index in [1.54, 1.807) is 0 Å². The first-order valence-electron chi connectivity index (χ1n) is 5.90. The monoisotopic (exact) mass is 277 g/mol. The first kappa shape index (κ1) is 13.7. The van der Waals surface area contributed by atoms with Gasteiger partial charge in [-0.05, 0) is 22.4 Å². The van der Waals surface area contributed by atoms with Gasteiger partial charge in [-0.25, -0.2) is 5.10 Å². The quantitative estimate of drug-likeness (QED) is 0.670. The molecule has 0 aliphatic heterocycles. The minimum atomic E-state index is -0.837. The molecule has 7 heteroatoms. The molecule has 0 bridgehead atoms. The van der Waals surface area contributed by atoms with Crippen molar-refractivity contribution in [3.05, 3.63) is 41.7 Å². The summed E-state index contributed by atoms with van der Waals surface area (Å²) < 4.78 is 0. The van der Waals surface area contributed by atoms with E-state index in [1.165, 1.54) is 0 Å². The van der Waals surface area contributed by atoms with E-state index in [0.717, 1.165) is 5.56 Å². The van der Waals surface area contributed by atoms with E-state index in [9.17, 15) is 4.79 Å². The zero-order chi connectivity index (χ0) is 13.7. The number of aromatic amines is 1. The maximum Gasteiger partial charge on any atom is 0.173 e. The number of ketones is 1. The largest absolute Gasteiger partial charge is 0.315 e. The molecule has 0 spiro atoms. The van der Waals surface area contributed by atoms with Gasteiger partial charge in [0.15, 0.2) is 11.6 Å². The zero-order valence-corrected chi connectivity index (χ0v) is 11.1. The van der Waals surface area contributed by atoms with Crippen molar-refractivity contribution in [2.75, 3.05) is 5.75 Å². The summed E-state index contributed by atoms with van der Waals surface area (Å²) in [6.07, 6.45) is 0.610. The number of rotatable bonds is 6. The Hall–Kier alpha value is -1.73. The second-order valence-corrected chi connectivity index (χ2v) is 4.60. The summed E-state index contributed by atoms with van der Waals surface area (Å²) in [5.74, 6) is 0.344. The van der Waals surface area contributed by atoms with Crippen molar-refractivity contribution in [2.24, 2.45) is 11.7 Å². The van der Waals surface area contributed by atoms with Crippen LogP contribution in [-0.2, 0) is 11.2 Å². The van der Waals surface area contributed by atoms with E-state index < -0.39 is 6.04 Å². The van der Waals surface area contributed by atoms with Crippen LogP contribution in [0.15, 0.2) is 30.3 Å². The third-order valence-corrected chi connectivity index (χ3v) is 3.35. The number of hydrogen-bond acceptors (Lipinski definition) is 6. The number of Topliss-reactive ketones (excluding diaryl/α,β-unsaturated/α-hetero) is 1. The molecule has 1 heterocycles. The molecular formula is C12H15N5OS. The fourth-order valence-electron chi connectivity index (χ4n) is 1.84. The Morgan fingerprint density at radius 3 is 2.68 bits per heavy atom. The smallest absolute Gasteiger partial charge is 0.173 e. The average Bonchev–Trinajstić information content (AvgIpc) is 2.98. The van der Waals surface area contributed by atoms with E-state index in [2.05, 4.69) is 33.3 Å². The molecule has 100 valence electrons. The van der Waals surface area contributed by atoms with Crippen molar-refractivity contribution in [3.8, 4) is 0 Å². The number of tetrazole rings is 1. The van der Waals surface area contributed by atoms with Crippen molar-refractivity contribution in [1.29, 1.82) is 0 Å². The number of thiol groups is 1. The summed E-state index contributed by atoms with van der Waals surface area (Å²) in [5.41, 5.74) is 6.94. The molecule has 0 aliphatic carbocycles. The number of nitrogens with zero attached hydrogens (tertiary/aromatic N) is 3. The molecule has 0 saturated carbocycles. The Kier molecular flexibility index (Phi) is 4.64. The number of aromatic nitrogens is 4. The molecule has 0 radical (unpaired) electrons. The van der Waals surface area contributed by atoms with Gasteiger partial charge < -0.3 is 5.73 Å². The van der Waals surface area contributed by atoms with Crippen molar-refractivity contribution in [1.82, 2.24) is 20.6 Å². The van der Waals surface area contributed by atoms with E-state index in [4.69, 9.17) is 5.73 Å². The topological polar surface area (TPSA) is 97.6 Å². The van der Waals surface area contributed by atoms with Crippen molar-refractivity contribution in [3.63, 3.8) is 0 Å². The molecule has 2 rings (SSSR count). The van der Waals surface area contributed by atoms with Crippen LogP contribution in [0.25, 0.3) is 0 Å². The van der Waals surface area contributed by atoms with Crippen LogP contribution in [0, 0.1) is 5.92 Å². The van der Waals surface area contributed by atoms with Gasteiger partial charge in [0.2, 0.25) is 0 Å². The van der Waals surface area contributed by atoms with Gasteiger partial charge in [0.25, 0.3) is 0 Å². The molecular weight excluding hydrogens is 262 g/mol. The Morgan fingerprint density at radius 1 is 1.37 bits per heavy atom. The lowest BCUT2D eigenvalue weighted by atomic mass is 9.93. The van der Waals surface area contributed by atoms with E-state index in [0.29, 0.717) is 12.2 Å². The van der Waals surface area contributed by atoms with Crippen LogP contribution in [0.2, 0.25) is 0 Å². The highest BCUT2D eigenvalue weighted by molar-refractivity contribution is 7.80. The lowest BCUT2D eigenvalue weighted by Gasteiger charge is -2.16. The van der Waals surface area contributed by atoms with E-state index >= 15 is 0 Å². The molecule has 0 saturated heterocycles. The Balaban J connectivity index is 2.07. The van der Waals surface area contributed by atoms with Crippen LogP contribution in [0.3, 0.4) is 0 Å². The van der Waals surface area contributed by atoms with Gasteiger partial charge in [0.1, 0.15) is 6.04 Å². The van der Waals surface area contributed by atoms with Gasteiger partial charge in [-0.15, -0.1) is 5.10 Å². The van der Waals surface area contributed by atoms with Crippen LogP contribution in [0.1, 0.15) is 17.4 Å². The second kappa shape index (κ2) is 6.44. The summed E-state index contributed by atoms with van der Waals surface area (Å²) in [4.78, 5) is 12.3. The first-order chi connectivity index (χ1) is 9.22. The molecule has 1 aromatic carbocycles. The molecule has 0 aliphatic rings. The van der Waals surface area contributed by atoms with Gasteiger partial charge in [-0.1, -0.05) is 30.3 Å². The fraction of sp³-hybridized carbons (Fsp3) is 0.333. The minimum absolute atomic E-state index is 0.114. The van der Waals surface area contributed by atoms with Crippen molar-refractivity contribution < 1.29 is 4.79 Å². The van der Waals surface area contributed by atoms with Crippen LogP contribution in [0.4, 0.5) is 0 Å². The molecule has 2 unspecified atom stereocenters. The van der Waals surface area contributed by atoms with E-state index in [1.807, 2.05) is 30.3 Å². The van der Waals surface area contributed by atoms with Gasteiger partial charge in [-0.3, -0.25) is 4.79 Å². The number of benzene rings is 1. The van der Waals surface area contributed by atoms with Gasteiger partial charge in [0, 0.05) is 11.7 Å². The normalized spacial score (nSPS) is 14.0. The molecule has 0 amide bonds. The summed E-state index contributed by atoms with van der Waals surface area (Å²) >= 11 is 4.24. The third kappa shape index (κ3) is 3.39. The van der Waals surface area contributed by atoms with Crippen LogP contribution in [0.5, 0.6) is 0 Å². The maximum atomic E-state index is 12.3. The number of nitrogens with one attached hydrogen (secondary N) is 1. The van der Waals surface area contributed by atoms with Gasteiger partial charge in [0.05, 0.1) is 0 Å². The molecule has 0 fully saturated rings. The molecule has 1 aromatic heterocycles. The number of carbonyl (C=O) groups excluding carboxylic acids is 1. The number of nitrogens with two attached hydrogens (primary N) is 1. The Labute approximate surface area is 116 Å². The second-order valence-electron chi connectivity index (χ2n) is 4.24. The lowest BCUT2D eigenvalue weighted by Crippen LogP contribution is -2.31. The summed E-state index contributed by atoms with van der Waals surface area (Å²) in [7, 11) is 0. The third-order valence-electron chi connectivity index (χ3n) is 2.91. The molecule has 6 nitrogen and oxygen atoms in total. The van der Waals surface area contributed by atoms with Crippen LogP contribution >= 0.6 is 12.6 Å². The Bertz CT molecular complexity index is 516. The highest BCUT2D eigenvalue weighted by atomic mass is 32.1. The number of hydrogen-bond donors (Lipinski definition) is 3. The summed E-state index contributed by atoms with van der Waals surface area (Å²) in [6, 6.07) is 8.94. The van der Waals surface area contributed by atoms with Gasteiger partial charge in [-0.2, -0.15) is 12.6 Å². The number of H-pyrrole nitrogens is 1. The van der Waals surface area contributed by atoms with Gasteiger partial charge >= 0.3 is 0 Å². The molecule has 3 N–H and O–H groups in total. The highest BCUT2D eigenvalue weighted by Gasteiger charge is 2.26. The van der Waals surface area contributed by atoms with Crippen molar-refractivity contribution >= 4 is 18.4 Å². The highest BCUT2D eigenvalue weighted by Crippen LogP contribution is 2.17. The molecule has 19 heavy (non-hydrogen) atoms. The standard InChI is InChI=1S/C12H15N5OS/c13-10(12-14-16-17-15-12)11(18)9(7-19)6-8-4-2-1-3-5-8/h1-5,9-10,19H,6-7,13H2,(H,14,15,16,17). The van der Waals surface area contributed by atoms with E-state index in [-0.39, 0.29) is 17.5 Å². The fourth-order valence-corrected chi connectivity index (χ4v) is 2.15. The summed E-state index contributed by atoms with van der Waals surface area (Å²) in [5, 5.41) is 13.0. The average molecular weight is 277 g/mol. The SMILES string of the molecule is NC(C(=O)C(CS)Cc1ccccc1)c1nnn[nH]1. The zero-order valence-electron chi connectivity index (χ0n) is 10.2. The maximum absolute atomic E-state index is 12.3. The number of carbonyl (C=O) groups is 1. The molecule has 2 atom stereocenters. The minimum Gasteiger partial charge on any atom is -0.315 e. The first-order valence-corrected chi connectivity index (χ1v) is 6.53. The lowest BCUT2D eigenvalue weighted by molar-refractivity contribution is -0.123. The van der Waals surface area contributed by atoms with Crippen LogP contribution in [-0.4, -0.2) is 32.2 Å².